The molecule has 0 radical (unpaired) electrons. The van der Waals surface area contributed by atoms with Crippen molar-refractivity contribution in [3.05, 3.63) is 70.2 Å². The molecule has 3 fully saturated rings. The Morgan fingerprint density at radius 2 is 1.42 bits per heavy atom. The minimum absolute atomic E-state index is 0.206. The largest absolute Gasteiger partial charge is 0.349 e. The molecule has 2 amide bonds. The number of Topliss-reactive ketones (excluding diaryl/α,β-unsaturated/α-hetero) is 2. The van der Waals surface area contributed by atoms with E-state index < -0.39 is 41.0 Å². The zero-order valence-corrected chi connectivity index (χ0v) is 18.6. The Morgan fingerprint density at radius 3 is 2.06 bits per heavy atom. The van der Waals surface area contributed by atoms with Gasteiger partial charge in [-0.2, -0.15) is 0 Å². The second-order valence-electron chi connectivity index (χ2n) is 9.34. The standard InChI is InChI=1S/C26H22ClNO5/c27-18-13-7-6-12-17(18)21-19-20(25(32)28(24(19)31)14-8-2-1-3-9-14)26(33-21)22(29)15-10-4-5-11-16(15)23(26)30/h4-7,10-14,19-21H,1-3,8-9H2/t19-,20-,21-/m1/s1. The number of hydrogen-bond donors (Lipinski definition) is 0. The summed E-state index contributed by atoms with van der Waals surface area (Å²) in [6, 6.07) is 13.2. The maximum atomic E-state index is 13.8. The molecule has 0 bridgehead atoms. The first-order chi connectivity index (χ1) is 16.0. The quantitative estimate of drug-likeness (QED) is 0.493. The topological polar surface area (TPSA) is 80.8 Å². The van der Waals surface area contributed by atoms with Gasteiger partial charge in [0.25, 0.3) is 0 Å². The fourth-order valence-electron chi connectivity index (χ4n) is 6.23. The Bertz CT molecular complexity index is 1180. The molecule has 0 aromatic heterocycles. The third kappa shape index (κ3) is 2.65. The summed E-state index contributed by atoms with van der Waals surface area (Å²) in [4.78, 5) is 56.4. The second-order valence-corrected chi connectivity index (χ2v) is 9.75. The lowest BCUT2D eigenvalue weighted by Crippen LogP contribution is -2.52. The predicted octanol–water partition coefficient (Wildman–Crippen LogP) is 4.16. The van der Waals surface area contributed by atoms with Crippen LogP contribution >= 0.6 is 11.6 Å². The summed E-state index contributed by atoms with van der Waals surface area (Å²) in [5.74, 6) is -4.09. The lowest BCUT2D eigenvalue weighted by Gasteiger charge is -2.33. The van der Waals surface area contributed by atoms with Gasteiger partial charge in [0, 0.05) is 27.8 Å². The highest BCUT2D eigenvalue weighted by molar-refractivity contribution is 6.35. The third-order valence-electron chi connectivity index (χ3n) is 7.70. The van der Waals surface area contributed by atoms with Crippen LogP contribution in [-0.4, -0.2) is 39.9 Å². The SMILES string of the molecule is O=C1[C@H]2[C@@H](c3ccccc3Cl)OC3(C(=O)c4ccccc4C3=O)[C@H]2C(=O)N1C1CCCCC1. The number of rotatable bonds is 2. The van der Waals surface area contributed by atoms with E-state index in [-0.39, 0.29) is 23.1 Å². The number of ketones is 2. The lowest BCUT2D eigenvalue weighted by molar-refractivity contribution is -0.148. The van der Waals surface area contributed by atoms with Gasteiger partial charge in [-0.05, 0) is 18.9 Å². The molecule has 2 aromatic carbocycles. The van der Waals surface area contributed by atoms with Crippen molar-refractivity contribution in [3.63, 3.8) is 0 Å². The summed E-state index contributed by atoms with van der Waals surface area (Å²) >= 11 is 6.46. The number of fused-ring (bicyclic) bond motifs is 3. The minimum Gasteiger partial charge on any atom is -0.349 e. The van der Waals surface area contributed by atoms with Gasteiger partial charge in [0.1, 0.15) is 0 Å². The molecule has 33 heavy (non-hydrogen) atoms. The van der Waals surface area contributed by atoms with Crippen LogP contribution in [-0.2, 0) is 14.3 Å². The van der Waals surface area contributed by atoms with Gasteiger partial charge in [-0.3, -0.25) is 24.1 Å². The van der Waals surface area contributed by atoms with E-state index in [1.54, 1.807) is 48.5 Å². The maximum absolute atomic E-state index is 13.8. The van der Waals surface area contributed by atoms with Crippen molar-refractivity contribution in [1.82, 2.24) is 4.90 Å². The van der Waals surface area contributed by atoms with Crippen molar-refractivity contribution in [2.24, 2.45) is 11.8 Å². The zero-order valence-electron chi connectivity index (χ0n) is 17.8. The summed E-state index contributed by atoms with van der Waals surface area (Å²) in [5, 5.41) is 0.366. The van der Waals surface area contributed by atoms with Gasteiger partial charge < -0.3 is 4.74 Å². The Hall–Kier alpha value is -2.83. The van der Waals surface area contributed by atoms with Crippen molar-refractivity contribution in [1.29, 1.82) is 0 Å². The molecule has 6 nitrogen and oxygen atoms in total. The molecule has 0 unspecified atom stereocenters. The van der Waals surface area contributed by atoms with Crippen LogP contribution in [0.25, 0.3) is 0 Å². The maximum Gasteiger partial charge on any atom is 0.237 e. The van der Waals surface area contributed by atoms with Crippen LogP contribution in [0.1, 0.15) is 64.5 Å². The van der Waals surface area contributed by atoms with Crippen molar-refractivity contribution >= 4 is 35.0 Å². The molecule has 1 saturated carbocycles. The van der Waals surface area contributed by atoms with Crippen LogP contribution < -0.4 is 0 Å². The summed E-state index contributed by atoms with van der Waals surface area (Å²) < 4.78 is 6.28. The number of benzene rings is 2. The van der Waals surface area contributed by atoms with Crippen molar-refractivity contribution < 1.29 is 23.9 Å². The molecule has 6 rings (SSSR count). The molecule has 4 aliphatic rings. The van der Waals surface area contributed by atoms with E-state index in [2.05, 4.69) is 0 Å². The summed E-state index contributed by atoms with van der Waals surface area (Å²) in [7, 11) is 0. The van der Waals surface area contributed by atoms with E-state index in [0.29, 0.717) is 10.6 Å². The molecule has 1 spiro atoms. The first-order valence-electron chi connectivity index (χ1n) is 11.4. The molecule has 3 atom stereocenters. The van der Waals surface area contributed by atoms with Crippen LogP contribution in [0.15, 0.2) is 48.5 Å². The van der Waals surface area contributed by atoms with Crippen LogP contribution in [0.3, 0.4) is 0 Å². The molecule has 168 valence electrons. The number of ether oxygens (including phenoxy) is 1. The Labute approximate surface area is 195 Å². The zero-order chi connectivity index (χ0) is 22.9. The van der Waals surface area contributed by atoms with E-state index in [9.17, 15) is 19.2 Å². The average Bonchev–Trinajstić information content (AvgIpc) is 3.40. The molecule has 2 aliphatic heterocycles. The van der Waals surface area contributed by atoms with E-state index in [1.807, 2.05) is 0 Å². The molecular formula is C26H22ClNO5. The fraction of sp³-hybridized carbons (Fsp3) is 0.385. The van der Waals surface area contributed by atoms with Crippen LogP contribution in [0.5, 0.6) is 0 Å². The van der Waals surface area contributed by atoms with Gasteiger partial charge in [0.05, 0.1) is 17.9 Å². The number of likely N-dealkylation sites (tertiary alicyclic amines) is 1. The Balaban J connectivity index is 1.52. The Kier molecular flexibility index (Phi) is 4.61. The second kappa shape index (κ2) is 7.34. The van der Waals surface area contributed by atoms with Crippen molar-refractivity contribution in [2.75, 3.05) is 0 Å². The van der Waals surface area contributed by atoms with Gasteiger partial charge in [-0.15, -0.1) is 0 Å². The molecule has 2 aliphatic carbocycles. The third-order valence-corrected chi connectivity index (χ3v) is 8.05. The fourth-order valence-corrected chi connectivity index (χ4v) is 6.47. The first kappa shape index (κ1) is 20.8. The van der Waals surface area contributed by atoms with E-state index in [1.165, 1.54) is 4.90 Å². The molecule has 2 saturated heterocycles. The van der Waals surface area contributed by atoms with Gasteiger partial charge in [-0.25, -0.2) is 0 Å². The highest BCUT2D eigenvalue weighted by Crippen LogP contribution is 2.58. The molecule has 2 heterocycles. The van der Waals surface area contributed by atoms with Crippen molar-refractivity contribution in [2.45, 2.75) is 49.9 Å². The van der Waals surface area contributed by atoms with E-state index in [0.717, 1.165) is 32.1 Å². The number of nitrogens with zero attached hydrogens (tertiary/aromatic N) is 1. The van der Waals surface area contributed by atoms with Crippen LogP contribution in [0.2, 0.25) is 5.02 Å². The Morgan fingerprint density at radius 1 is 0.818 bits per heavy atom. The normalized spacial score (nSPS) is 28.6. The average molecular weight is 464 g/mol. The molecule has 0 N–H and O–H groups in total. The summed E-state index contributed by atoms with van der Waals surface area (Å²) in [6.45, 7) is 0. The lowest BCUT2D eigenvalue weighted by atomic mass is 9.77. The monoisotopic (exact) mass is 463 g/mol. The number of imide groups is 1. The van der Waals surface area contributed by atoms with Gasteiger partial charge in [0.15, 0.2) is 0 Å². The van der Waals surface area contributed by atoms with Gasteiger partial charge >= 0.3 is 0 Å². The van der Waals surface area contributed by atoms with Crippen LogP contribution in [0.4, 0.5) is 0 Å². The number of amides is 2. The highest BCUT2D eigenvalue weighted by atomic mass is 35.5. The minimum atomic E-state index is -2.03. The van der Waals surface area contributed by atoms with E-state index >= 15 is 0 Å². The molecule has 2 aromatic rings. The van der Waals surface area contributed by atoms with Gasteiger partial charge in [0.2, 0.25) is 29.0 Å². The van der Waals surface area contributed by atoms with E-state index in [4.69, 9.17) is 16.3 Å². The predicted molar refractivity (Wildman–Crippen MR) is 119 cm³/mol. The first-order valence-corrected chi connectivity index (χ1v) is 11.8. The van der Waals surface area contributed by atoms with Gasteiger partial charge in [-0.1, -0.05) is 73.3 Å². The number of hydrogen-bond acceptors (Lipinski definition) is 5. The molecular weight excluding hydrogens is 442 g/mol. The number of carbonyl (C=O) groups is 4. The number of halogens is 1. The van der Waals surface area contributed by atoms with Crippen molar-refractivity contribution in [3.8, 4) is 0 Å². The smallest absolute Gasteiger partial charge is 0.237 e. The van der Waals surface area contributed by atoms with Crippen LogP contribution in [0, 0.1) is 11.8 Å². The summed E-state index contributed by atoms with van der Waals surface area (Å²) in [5.41, 5.74) is -1.06. The summed E-state index contributed by atoms with van der Waals surface area (Å²) in [6.07, 6.45) is 3.47. The number of carbonyl (C=O) groups excluding carboxylic acids is 4. The highest BCUT2D eigenvalue weighted by Gasteiger charge is 2.75. The molecule has 7 heteroatoms.